The number of rotatable bonds is 3. The number of carbonyl (C=O) groups excluding carboxylic acids is 1. The maximum absolute atomic E-state index is 12.1. The first-order valence-electron chi connectivity index (χ1n) is 5.89. The molecule has 1 unspecified atom stereocenters. The summed E-state index contributed by atoms with van der Waals surface area (Å²) >= 11 is 7.44. The number of aryl methyl sites for hydroxylation is 1. The van der Waals surface area contributed by atoms with Crippen LogP contribution in [0.4, 0.5) is 5.69 Å². The summed E-state index contributed by atoms with van der Waals surface area (Å²) in [4.78, 5) is 12.7. The topological polar surface area (TPSA) is 55.1 Å². The van der Waals surface area contributed by atoms with E-state index in [-0.39, 0.29) is 11.9 Å². The van der Waals surface area contributed by atoms with E-state index in [0.717, 1.165) is 11.1 Å². The van der Waals surface area contributed by atoms with E-state index >= 15 is 0 Å². The lowest BCUT2D eigenvalue weighted by atomic mass is 10.1. The van der Waals surface area contributed by atoms with Crippen LogP contribution in [-0.4, -0.2) is 5.91 Å². The average Bonchev–Trinajstić information content (AvgIpc) is 2.70. The first-order valence-corrected chi connectivity index (χ1v) is 7.15. The number of halogens is 1. The molecule has 3 N–H and O–H groups in total. The molecule has 0 bridgehead atoms. The Balaban J connectivity index is 2.16. The van der Waals surface area contributed by atoms with Crippen molar-refractivity contribution in [2.24, 2.45) is 0 Å². The van der Waals surface area contributed by atoms with Gasteiger partial charge >= 0.3 is 0 Å². The molecule has 0 fully saturated rings. The number of carbonyl (C=O) groups is 1. The fourth-order valence-electron chi connectivity index (χ4n) is 1.83. The molecular weight excluding hydrogens is 280 g/mol. The van der Waals surface area contributed by atoms with Gasteiger partial charge in [-0.2, -0.15) is 0 Å². The van der Waals surface area contributed by atoms with E-state index < -0.39 is 0 Å². The van der Waals surface area contributed by atoms with Gasteiger partial charge in [-0.05, 0) is 36.4 Å². The smallest absolute Gasteiger partial charge is 0.263 e. The van der Waals surface area contributed by atoms with Crippen LogP contribution in [-0.2, 0) is 0 Å². The summed E-state index contributed by atoms with van der Waals surface area (Å²) in [7, 11) is 0. The molecule has 1 aromatic heterocycles. The minimum absolute atomic E-state index is 0.160. The van der Waals surface area contributed by atoms with Crippen LogP contribution in [0.1, 0.15) is 33.8 Å². The molecule has 1 amide bonds. The average molecular weight is 295 g/mol. The predicted octanol–water partition coefficient (Wildman–Crippen LogP) is 3.78. The number of nitrogen functional groups attached to an aromatic ring is 1. The highest BCUT2D eigenvalue weighted by Gasteiger charge is 2.18. The van der Waals surface area contributed by atoms with E-state index in [0.29, 0.717) is 15.6 Å². The summed E-state index contributed by atoms with van der Waals surface area (Å²) in [5.41, 5.74) is 8.39. The molecule has 1 aromatic carbocycles. The Hall–Kier alpha value is -1.52. The van der Waals surface area contributed by atoms with Crippen LogP contribution in [0.3, 0.4) is 0 Å². The fraction of sp³-hybridized carbons (Fsp3) is 0.214. The fourth-order valence-corrected chi connectivity index (χ4v) is 3.01. The van der Waals surface area contributed by atoms with Gasteiger partial charge in [-0.25, -0.2) is 0 Å². The monoisotopic (exact) mass is 294 g/mol. The van der Waals surface area contributed by atoms with Crippen LogP contribution in [0.15, 0.2) is 29.6 Å². The van der Waals surface area contributed by atoms with Crippen molar-refractivity contribution in [3.05, 3.63) is 50.7 Å². The van der Waals surface area contributed by atoms with E-state index in [1.165, 1.54) is 11.3 Å². The molecule has 0 aliphatic heterocycles. The van der Waals surface area contributed by atoms with Crippen molar-refractivity contribution in [1.29, 1.82) is 0 Å². The summed E-state index contributed by atoms with van der Waals surface area (Å²) in [5.74, 6) is -0.168. The molecule has 0 aliphatic rings. The lowest BCUT2D eigenvalue weighted by Gasteiger charge is -2.15. The third kappa shape index (κ3) is 2.91. The van der Waals surface area contributed by atoms with E-state index in [1.54, 1.807) is 0 Å². The van der Waals surface area contributed by atoms with E-state index in [4.69, 9.17) is 17.3 Å². The van der Waals surface area contributed by atoms with Crippen molar-refractivity contribution < 1.29 is 4.79 Å². The van der Waals surface area contributed by atoms with E-state index in [2.05, 4.69) is 5.32 Å². The number of thiophene rings is 1. The Kier molecular flexibility index (Phi) is 4.12. The molecule has 100 valence electrons. The zero-order valence-electron chi connectivity index (χ0n) is 10.7. The van der Waals surface area contributed by atoms with Crippen LogP contribution in [0.25, 0.3) is 0 Å². The quantitative estimate of drug-likeness (QED) is 0.846. The summed E-state index contributed by atoms with van der Waals surface area (Å²) < 4.78 is 0. The summed E-state index contributed by atoms with van der Waals surface area (Å²) in [6.45, 7) is 3.78. The van der Waals surface area contributed by atoms with Crippen LogP contribution in [0.2, 0.25) is 5.02 Å². The first kappa shape index (κ1) is 13.9. The van der Waals surface area contributed by atoms with Gasteiger partial charge in [-0.3, -0.25) is 4.79 Å². The number of anilines is 1. The summed E-state index contributed by atoms with van der Waals surface area (Å²) in [6, 6.07) is 7.33. The number of nitrogens with one attached hydrogen (secondary N) is 1. The number of amides is 1. The highest BCUT2D eigenvalue weighted by molar-refractivity contribution is 7.13. The molecule has 0 radical (unpaired) electrons. The molecule has 0 saturated heterocycles. The van der Waals surface area contributed by atoms with Gasteiger partial charge in [0.05, 0.1) is 11.1 Å². The molecular formula is C14H15ClN2OS. The Morgan fingerprint density at radius 1 is 1.42 bits per heavy atom. The standard InChI is InChI=1S/C14H15ClN2OS/c1-8-7-19-13(12(8)15)14(18)17-9(2)10-5-3-4-6-11(10)16/h3-7,9H,16H2,1-2H3,(H,17,18). The first-order chi connectivity index (χ1) is 9.00. The van der Waals surface area contributed by atoms with Crippen LogP contribution >= 0.6 is 22.9 Å². The lowest BCUT2D eigenvalue weighted by Crippen LogP contribution is -2.26. The minimum atomic E-state index is -0.168. The third-order valence-electron chi connectivity index (χ3n) is 2.92. The second-order valence-electron chi connectivity index (χ2n) is 4.39. The van der Waals surface area contributed by atoms with Gasteiger partial charge in [-0.1, -0.05) is 29.8 Å². The Morgan fingerprint density at radius 2 is 2.11 bits per heavy atom. The lowest BCUT2D eigenvalue weighted by molar-refractivity contribution is 0.0944. The van der Waals surface area contributed by atoms with E-state index in [9.17, 15) is 4.79 Å². The van der Waals surface area contributed by atoms with Crippen molar-refractivity contribution in [1.82, 2.24) is 5.32 Å². The maximum Gasteiger partial charge on any atom is 0.263 e. The van der Waals surface area contributed by atoms with Crippen LogP contribution in [0.5, 0.6) is 0 Å². The van der Waals surface area contributed by atoms with Gasteiger partial charge in [0.25, 0.3) is 5.91 Å². The van der Waals surface area contributed by atoms with E-state index in [1.807, 2.05) is 43.5 Å². The number of nitrogens with two attached hydrogens (primary N) is 1. The zero-order chi connectivity index (χ0) is 14.0. The van der Waals surface area contributed by atoms with Gasteiger partial charge in [-0.15, -0.1) is 11.3 Å². The zero-order valence-corrected chi connectivity index (χ0v) is 12.3. The largest absolute Gasteiger partial charge is 0.398 e. The Bertz CT molecular complexity index is 609. The van der Waals surface area contributed by atoms with Gasteiger partial charge in [0.1, 0.15) is 4.88 Å². The second kappa shape index (κ2) is 5.63. The molecule has 1 heterocycles. The summed E-state index contributed by atoms with van der Waals surface area (Å²) in [5, 5.41) is 5.31. The minimum Gasteiger partial charge on any atom is -0.398 e. The van der Waals surface area contributed by atoms with Crippen LogP contribution < -0.4 is 11.1 Å². The number of benzene rings is 1. The summed E-state index contributed by atoms with van der Waals surface area (Å²) in [6.07, 6.45) is 0. The molecule has 1 atom stereocenters. The van der Waals surface area contributed by atoms with Gasteiger partial charge in [0, 0.05) is 5.69 Å². The molecule has 0 saturated carbocycles. The maximum atomic E-state index is 12.1. The van der Waals surface area contributed by atoms with Crippen LogP contribution in [0, 0.1) is 6.92 Å². The van der Waals surface area contributed by atoms with Crippen molar-refractivity contribution in [3.63, 3.8) is 0 Å². The second-order valence-corrected chi connectivity index (χ2v) is 5.64. The molecule has 2 rings (SSSR count). The molecule has 0 aliphatic carbocycles. The van der Waals surface area contributed by atoms with Crippen molar-refractivity contribution in [2.45, 2.75) is 19.9 Å². The molecule has 3 nitrogen and oxygen atoms in total. The Labute approximate surface area is 121 Å². The normalized spacial score (nSPS) is 12.2. The predicted molar refractivity (Wildman–Crippen MR) is 80.8 cm³/mol. The molecule has 19 heavy (non-hydrogen) atoms. The number of para-hydroxylation sites is 1. The molecule has 0 spiro atoms. The number of hydrogen-bond donors (Lipinski definition) is 2. The molecule has 5 heteroatoms. The van der Waals surface area contributed by atoms with Crippen molar-refractivity contribution in [2.75, 3.05) is 5.73 Å². The highest BCUT2D eigenvalue weighted by atomic mass is 35.5. The van der Waals surface area contributed by atoms with Gasteiger partial charge in [0.2, 0.25) is 0 Å². The number of hydrogen-bond acceptors (Lipinski definition) is 3. The van der Waals surface area contributed by atoms with Crippen molar-refractivity contribution in [3.8, 4) is 0 Å². The Morgan fingerprint density at radius 3 is 2.68 bits per heavy atom. The third-order valence-corrected chi connectivity index (χ3v) is 4.61. The highest BCUT2D eigenvalue weighted by Crippen LogP contribution is 2.28. The van der Waals surface area contributed by atoms with Gasteiger partial charge in [0.15, 0.2) is 0 Å². The van der Waals surface area contributed by atoms with Crippen molar-refractivity contribution >= 4 is 34.5 Å². The molecule has 2 aromatic rings. The van der Waals surface area contributed by atoms with Gasteiger partial charge < -0.3 is 11.1 Å². The SMILES string of the molecule is Cc1csc(C(=O)NC(C)c2ccccc2N)c1Cl.